The first-order chi connectivity index (χ1) is 15.5. The van der Waals surface area contributed by atoms with Crippen LogP contribution in [0.15, 0.2) is 60.0 Å². The van der Waals surface area contributed by atoms with E-state index in [0.717, 1.165) is 30.4 Å². The zero-order valence-corrected chi connectivity index (χ0v) is 18.9. The molecular formula is C25H22ClFN2O2S. The Morgan fingerprint density at radius 3 is 2.62 bits per heavy atom. The van der Waals surface area contributed by atoms with Gasteiger partial charge in [-0.15, -0.1) is 11.3 Å². The maximum absolute atomic E-state index is 13.6. The number of amides is 2. The topological polar surface area (TPSA) is 40.6 Å². The van der Waals surface area contributed by atoms with Gasteiger partial charge in [0.2, 0.25) is 5.91 Å². The molecule has 0 bridgehead atoms. The van der Waals surface area contributed by atoms with Gasteiger partial charge in [-0.25, -0.2) is 4.39 Å². The number of benzene rings is 2. The van der Waals surface area contributed by atoms with Gasteiger partial charge < -0.3 is 9.80 Å². The van der Waals surface area contributed by atoms with E-state index in [2.05, 4.69) is 0 Å². The third kappa shape index (κ3) is 4.17. The Hall–Kier alpha value is -2.70. The monoisotopic (exact) mass is 468 g/mol. The van der Waals surface area contributed by atoms with Crippen molar-refractivity contribution in [3.63, 3.8) is 0 Å². The van der Waals surface area contributed by atoms with Gasteiger partial charge >= 0.3 is 0 Å². The highest BCUT2D eigenvalue weighted by Crippen LogP contribution is 2.38. The number of carbonyl (C=O) groups excluding carboxylic acids is 2. The van der Waals surface area contributed by atoms with E-state index in [1.807, 2.05) is 16.3 Å². The van der Waals surface area contributed by atoms with Crippen LogP contribution < -0.4 is 0 Å². The highest BCUT2D eigenvalue weighted by atomic mass is 35.5. The van der Waals surface area contributed by atoms with E-state index in [4.69, 9.17) is 11.6 Å². The van der Waals surface area contributed by atoms with Crippen LogP contribution >= 0.6 is 22.9 Å². The number of rotatable bonds is 5. The predicted molar refractivity (Wildman–Crippen MR) is 123 cm³/mol. The molecule has 1 aliphatic carbocycles. The van der Waals surface area contributed by atoms with E-state index in [1.54, 1.807) is 52.6 Å². The Kier molecular flexibility index (Phi) is 5.74. The lowest BCUT2D eigenvalue weighted by Crippen LogP contribution is -2.47. The van der Waals surface area contributed by atoms with E-state index in [9.17, 15) is 14.0 Å². The molecule has 32 heavy (non-hydrogen) atoms. The fourth-order valence-corrected chi connectivity index (χ4v) is 5.46. The van der Waals surface area contributed by atoms with Crippen molar-refractivity contribution in [1.29, 1.82) is 0 Å². The molecule has 1 aliphatic heterocycles. The summed E-state index contributed by atoms with van der Waals surface area (Å²) in [5, 5.41) is 2.53. The van der Waals surface area contributed by atoms with E-state index in [1.165, 1.54) is 17.0 Å². The Morgan fingerprint density at radius 2 is 1.91 bits per heavy atom. The van der Waals surface area contributed by atoms with Crippen LogP contribution in [0.4, 0.5) is 4.39 Å². The minimum atomic E-state index is -0.306. The molecule has 0 N–H and O–H groups in total. The molecule has 1 fully saturated rings. The summed E-state index contributed by atoms with van der Waals surface area (Å²) in [5.74, 6) is -0.576. The number of hydrogen-bond donors (Lipinski definition) is 0. The van der Waals surface area contributed by atoms with Crippen LogP contribution in [0.5, 0.6) is 0 Å². The van der Waals surface area contributed by atoms with Crippen molar-refractivity contribution in [2.75, 3.05) is 13.1 Å². The summed E-state index contributed by atoms with van der Waals surface area (Å²) in [5.41, 5.74) is 2.45. The van der Waals surface area contributed by atoms with Crippen LogP contribution in [0.2, 0.25) is 5.02 Å². The second-order valence-electron chi connectivity index (χ2n) is 8.26. The minimum Gasteiger partial charge on any atom is -0.330 e. The molecule has 3 aromatic rings. The molecule has 1 saturated carbocycles. The normalized spacial score (nSPS) is 17.7. The van der Waals surface area contributed by atoms with Crippen molar-refractivity contribution >= 4 is 34.8 Å². The number of nitrogens with zero attached hydrogens (tertiary/aromatic N) is 2. The van der Waals surface area contributed by atoms with Crippen molar-refractivity contribution < 1.29 is 14.0 Å². The summed E-state index contributed by atoms with van der Waals surface area (Å²) < 4.78 is 13.6. The minimum absolute atomic E-state index is 0.0210. The van der Waals surface area contributed by atoms with Gasteiger partial charge in [-0.2, -0.15) is 0 Å². The second-order valence-corrected chi connectivity index (χ2v) is 9.70. The van der Waals surface area contributed by atoms with Crippen LogP contribution in [-0.4, -0.2) is 40.7 Å². The molecule has 2 heterocycles. The highest BCUT2D eigenvalue weighted by molar-refractivity contribution is 7.10. The molecule has 5 rings (SSSR count). The first-order valence-electron chi connectivity index (χ1n) is 10.7. The molecule has 164 valence electrons. The lowest BCUT2D eigenvalue weighted by Gasteiger charge is -2.37. The van der Waals surface area contributed by atoms with Crippen molar-refractivity contribution in [2.24, 2.45) is 0 Å². The van der Waals surface area contributed by atoms with E-state index in [0.29, 0.717) is 17.1 Å². The Bertz CT molecular complexity index is 1160. The van der Waals surface area contributed by atoms with Crippen LogP contribution in [-0.2, 0) is 11.2 Å². The van der Waals surface area contributed by atoms with Gasteiger partial charge in [-0.3, -0.25) is 9.59 Å². The summed E-state index contributed by atoms with van der Waals surface area (Å²) in [7, 11) is 0. The van der Waals surface area contributed by atoms with Gasteiger partial charge in [0.25, 0.3) is 5.91 Å². The molecule has 1 unspecified atom stereocenters. The average molecular weight is 469 g/mol. The standard InChI is InChI=1S/C25H22ClFN2O2S/c26-18-3-1-2-17(14-18)25(31)29(20-8-9-20)15-23(30)28-12-10-22-21(11-13-32-22)24(28)16-4-6-19(27)7-5-16/h1-7,11,13-14,20,24H,8-10,12,15H2. The summed E-state index contributed by atoms with van der Waals surface area (Å²) in [6, 6.07) is 15.0. The number of fused-ring (bicyclic) bond motifs is 1. The lowest BCUT2D eigenvalue weighted by atomic mass is 9.93. The van der Waals surface area contributed by atoms with Gasteiger partial charge in [-0.1, -0.05) is 29.8 Å². The van der Waals surface area contributed by atoms with Crippen LogP contribution in [0, 0.1) is 5.82 Å². The second kappa shape index (κ2) is 8.68. The quantitative estimate of drug-likeness (QED) is 0.508. The first kappa shape index (κ1) is 21.2. The van der Waals surface area contributed by atoms with Crippen molar-refractivity contribution in [3.05, 3.63) is 92.4 Å². The molecule has 0 radical (unpaired) electrons. The van der Waals surface area contributed by atoms with Crippen LogP contribution in [0.3, 0.4) is 0 Å². The number of halogens is 2. The largest absolute Gasteiger partial charge is 0.330 e. The molecule has 2 aromatic carbocycles. The SMILES string of the molecule is O=C(c1cccc(Cl)c1)N(CC(=O)N1CCc2sccc2C1c1ccc(F)cc1)C1CC1. The van der Waals surface area contributed by atoms with Gasteiger partial charge in [0.1, 0.15) is 12.4 Å². The summed E-state index contributed by atoms with van der Waals surface area (Å²) in [4.78, 5) is 31.5. The molecule has 1 aromatic heterocycles. The maximum Gasteiger partial charge on any atom is 0.254 e. The van der Waals surface area contributed by atoms with Gasteiger partial charge in [0.05, 0.1) is 6.04 Å². The fraction of sp³-hybridized carbons (Fsp3) is 0.280. The maximum atomic E-state index is 13.6. The van der Waals surface area contributed by atoms with E-state index < -0.39 is 0 Å². The van der Waals surface area contributed by atoms with Gasteiger partial charge in [0.15, 0.2) is 0 Å². The van der Waals surface area contributed by atoms with Crippen molar-refractivity contribution in [2.45, 2.75) is 31.3 Å². The molecule has 2 aliphatic rings. The van der Waals surface area contributed by atoms with Crippen molar-refractivity contribution in [3.8, 4) is 0 Å². The molecule has 7 heteroatoms. The first-order valence-corrected chi connectivity index (χ1v) is 11.9. The molecule has 0 spiro atoms. The highest BCUT2D eigenvalue weighted by Gasteiger charge is 2.38. The van der Waals surface area contributed by atoms with Crippen LogP contribution in [0.1, 0.15) is 45.2 Å². The lowest BCUT2D eigenvalue weighted by molar-refractivity contribution is -0.134. The smallest absolute Gasteiger partial charge is 0.254 e. The third-order valence-corrected chi connectivity index (χ3v) is 7.33. The zero-order valence-electron chi connectivity index (χ0n) is 17.3. The van der Waals surface area contributed by atoms with Gasteiger partial charge in [-0.05, 0) is 72.2 Å². The number of hydrogen-bond acceptors (Lipinski definition) is 3. The van der Waals surface area contributed by atoms with Crippen molar-refractivity contribution in [1.82, 2.24) is 9.80 Å². The third-order valence-electron chi connectivity index (χ3n) is 6.10. The number of carbonyl (C=O) groups is 2. The Balaban J connectivity index is 1.43. The molecular weight excluding hydrogens is 447 g/mol. The number of thiophene rings is 1. The average Bonchev–Trinajstić information content (AvgIpc) is 3.52. The summed E-state index contributed by atoms with van der Waals surface area (Å²) >= 11 is 7.76. The van der Waals surface area contributed by atoms with E-state index in [-0.39, 0.29) is 36.3 Å². The zero-order chi connectivity index (χ0) is 22.2. The molecule has 1 atom stereocenters. The Labute approximate surface area is 195 Å². The fourth-order valence-electron chi connectivity index (χ4n) is 4.37. The Morgan fingerprint density at radius 1 is 1.12 bits per heavy atom. The predicted octanol–water partition coefficient (Wildman–Crippen LogP) is 5.32. The van der Waals surface area contributed by atoms with Crippen LogP contribution in [0.25, 0.3) is 0 Å². The van der Waals surface area contributed by atoms with Gasteiger partial charge in [0, 0.05) is 28.0 Å². The summed E-state index contributed by atoms with van der Waals surface area (Å²) in [6.45, 7) is 0.589. The molecule has 0 saturated heterocycles. The summed E-state index contributed by atoms with van der Waals surface area (Å²) in [6.07, 6.45) is 2.58. The molecule has 4 nitrogen and oxygen atoms in total. The van der Waals surface area contributed by atoms with E-state index >= 15 is 0 Å². The molecule has 2 amide bonds.